The van der Waals surface area contributed by atoms with Gasteiger partial charge in [0, 0.05) is 38.3 Å². The summed E-state index contributed by atoms with van der Waals surface area (Å²) in [6.07, 6.45) is 0.239. The van der Waals surface area contributed by atoms with E-state index in [2.05, 4.69) is 4.90 Å². The summed E-state index contributed by atoms with van der Waals surface area (Å²) in [4.78, 5) is 16.9. The van der Waals surface area contributed by atoms with Crippen molar-refractivity contribution in [3.63, 3.8) is 0 Å². The third-order valence-corrected chi connectivity index (χ3v) is 5.04. The summed E-state index contributed by atoms with van der Waals surface area (Å²) in [5.74, 6) is 1.06. The first-order chi connectivity index (χ1) is 13.2. The van der Waals surface area contributed by atoms with Gasteiger partial charge in [0.15, 0.2) is 11.5 Å². The summed E-state index contributed by atoms with van der Waals surface area (Å²) in [5.41, 5.74) is 0.692. The molecule has 2 aliphatic heterocycles. The first-order valence-corrected chi connectivity index (χ1v) is 9.34. The lowest BCUT2D eigenvalue weighted by molar-refractivity contribution is -0.141. The first-order valence-electron chi connectivity index (χ1n) is 9.34. The molecular formula is C21H23FN2O3. The Hall–Kier alpha value is -2.60. The molecule has 5 nitrogen and oxygen atoms in total. The van der Waals surface area contributed by atoms with Gasteiger partial charge in [0.2, 0.25) is 6.10 Å². The molecule has 0 aromatic heterocycles. The molecule has 2 aromatic rings. The van der Waals surface area contributed by atoms with Crippen molar-refractivity contribution in [2.24, 2.45) is 0 Å². The van der Waals surface area contributed by atoms with E-state index in [1.54, 1.807) is 6.07 Å². The molecule has 6 heteroatoms. The molecule has 0 bridgehead atoms. The van der Waals surface area contributed by atoms with Crippen LogP contribution in [0.3, 0.4) is 0 Å². The lowest BCUT2D eigenvalue weighted by Gasteiger charge is -2.30. The zero-order valence-electron chi connectivity index (χ0n) is 15.1. The normalized spacial score (nSPS) is 20.2. The number of hydrogen-bond donors (Lipinski definition) is 0. The Kier molecular flexibility index (Phi) is 5.25. The van der Waals surface area contributed by atoms with Crippen LogP contribution in [0, 0.1) is 5.82 Å². The maximum atomic E-state index is 13.9. The van der Waals surface area contributed by atoms with Gasteiger partial charge in [-0.25, -0.2) is 4.39 Å². The number of ether oxygens (including phenoxy) is 2. The number of hydrogen-bond acceptors (Lipinski definition) is 4. The fraction of sp³-hybridized carbons (Fsp3) is 0.381. The largest absolute Gasteiger partial charge is 0.485 e. The van der Waals surface area contributed by atoms with E-state index in [9.17, 15) is 9.18 Å². The highest BCUT2D eigenvalue weighted by Crippen LogP contribution is 2.31. The van der Waals surface area contributed by atoms with E-state index in [0.717, 1.165) is 13.0 Å². The molecule has 142 valence electrons. The van der Waals surface area contributed by atoms with E-state index in [4.69, 9.17) is 9.47 Å². The summed E-state index contributed by atoms with van der Waals surface area (Å²) < 4.78 is 25.4. The van der Waals surface area contributed by atoms with E-state index in [1.165, 1.54) is 6.07 Å². The van der Waals surface area contributed by atoms with Gasteiger partial charge in [-0.2, -0.15) is 0 Å². The predicted molar refractivity (Wildman–Crippen MR) is 99.2 cm³/mol. The number of para-hydroxylation sites is 2. The molecule has 27 heavy (non-hydrogen) atoms. The number of amides is 1. The Morgan fingerprint density at radius 3 is 2.63 bits per heavy atom. The van der Waals surface area contributed by atoms with Gasteiger partial charge in [0.1, 0.15) is 12.4 Å². The van der Waals surface area contributed by atoms with Gasteiger partial charge in [0.25, 0.3) is 5.91 Å². The minimum Gasteiger partial charge on any atom is -0.485 e. The number of halogens is 1. The molecular weight excluding hydrogens is 347 g/mol. The Morgan fingerprint density at radius 2 is 1.78 bits per heavy atom. The number of fused-ring (bicyclic) bond motifs is 1. The maximum absolute atomic E-state index is 13.9. The molecule has 1 saturated heterocycles. The first kappa shape index (κ1) is 17.8. The summed E-state index contributed by atoms with van der Waals surface area (Å²) in [6.45, 7) is 3.62. The average Bonchev–Trinajstić information content (AvgIpc) is 2.94. The summed E-state index contributed by atoms with van der Waals surface area (Å²) in [7, 11) is 0. The second-order valence-corrected chi connectivity index (χ2v) is 6.91. The SMILES string of the molecule is O=C([C@H]1COc2ccccc2O1)N1CCCN(Cc2ccccc2F)CC1. The molecule has 2 heterocycles. The van der Waals surface area contributed by atoms with Gasteiger partial charge in [-0.3, -0.25) is 9.69 Å². The van der Waals surface area contributed by atoms with E-state index in [0.29, 0.717) is 43.2 Å². The van der Waals surface area contributed by atoms with Gasteiger partial charge in [-0.15, -0.1) is 0 Å². The molecule has 1 amide bonds. The quantitative estimate of drug-likeness (QED) is 0.833. The molecule has 0 spiro atoms. The van der Waals surface area contributed by atoms with Crippen molar-refractivity contribution in [1.29, 1.82) is 0 Å². The van der Waals surface area contributed by atoms with Crippen LogP contribution in [0.1, 0.15) is 12.0 Å². The lowest BCUT2D eigenvalue weighted by Crippen LogP contribution is -2.47. The number of carbonyl (C=O) groups is 1. The number of rotatable bonds is 3. The number of benzene rings is 2. The fourth-order valence-electron chi connectivity index (χ4n) is 3.56. The molecule has 0 N–H and O–H groups in total. The van der Waals surface area contributed by atoms with Crippen molar-refractivity contribution < 1.29 is 18.7 Å². The van der Waals surface area contributed by atoms with Crippen molar-refractivity contribution >= 4 is 5.91 Å². The Labute approximate surface area is 158 Å². The highest BCUT2D eigenvalue weighted by atomic mass is 19.1. The Bertz CT molecular complexity index is 814. The predicted octanol–water partition coefficient (Wildman–Crippen LogP) is 2.70. The van der Waals surface area contributed by atoms with Crippen molar-refractivity contribution in [2.75, 3.05) is 32.8 Å². The molecule has 0 radical (unpaired) electrons. The van der Waals surface area contributed by atoms with Gasteiger partial charge in [-0.05, 0) is 24.6 Å². The number of carbonyl (C=O) groups excluding carboxylic acids is 1. The maximum Gasteiger partial charge on any atom is 0.267 e. The van der Waals surface area contributed by atoms with Crippen LogP contribution in [0.2, 0.25) is 0 Å². The molecule has 0 aliphatic carbocycles. The third-order valence-electron chi connectivity index (χ3n) is 5.04. The van der Waals surface area contributed by atoms with Crippen LogP contribution in [0.25, 0.3) is 0 Å². The van der Waals surface area contributed by atoms with Crippen molar-refractivity contribution in [1.82, 2.24) is 9.80 Å². The molecule has 2 aromatic carbocycles. The lowest BCUT2D eigenvalue weighted by atomic mass is 10.2. The third kappa shape index (κ3) is 4.06. The smallest absolute Gasteiger partial charge is 0.267 e. The highest BCUT2D eigenvalue weighted by molar-refractivity contribution is 5.82. The molecule has 1 fully saturated rings. The van der Waals surface area contributed by atoms with E-state index < -0.39 is 6.10 Å². The van der Waals surface area contributed by atoms with Crippen LogP contribution < -0.4 is 9.47 Å². The summed E-state index contributed by atoms with van der Waals surface area (Å²) in [6, 6.07) is 14.2. The van der Waals surface area contributed by atoms with Crippen molar-refractivity contribution in [3.8, 4) is 11.5 Å². The van der Waals surface area contributed by atoms with E-state index in [-0.39, 0.29) is 18.3 Å². The van der Waals surface area contributed by atoms with Crippen LogP contribution in [0.15, 0.2) is 48.5 Å². The van der Waals surface area contributed by atoms with Gasteiger partial charge < -0.3 is 14.4 Å². The Balaban J connectivity index is 1.35. The van der Waals surface area contributed by atoms with Crippen LogP contribution in [-0.4, -0.2) is 54.6 Å². The average molecular weight is 370 g/mol. The zero-order valence-corrected chi connectivity index (χ0v) is 15.1. The minimum atomic E-state index is -0.613. The van der Waals surface area contributed by atoms with Crippen LogP contribution >= 0.6 is 0 Å². The van der Waals surface area contributed by atoms with Gasteiger partial charge in [0.05, 0.1) is 0 Å². The van der Waals surface area contributed by atoms with Crippen molar-refractivity contribution in [3.05, 3.63) is 59.9 Å². The van der Waals surface area contributed by atoms with E-state index >= 15 is 0 Å². The van der Waals surface area contributed by atoms with Crippen LogP contribution in [0.5, 0.6) is 11.5 Å². The fourth-order valence-corrected chi connectivity index (χ4v) is 3.56. The molecule has 4 rings (SSSR count). The van der Waals surface area contributed by atoms with Crippen molar-refractivity contribution in [2.45, 2.75) is 19.1 Å². The molecule has 1 atom stereocenters. The van der Waals surface area contributed by atoms with Gasteiger partial charge >= 0.3 is 0 Å². The second kappa shape index (κ2) is 7.96. The van der Waals surface area contributed by atoms with Gasteiger partial charge in [-0.1, -0.05) is 30.3 Å². The molecule has 0 saturated carbocycles. The topological polar surface area (TPSA) is 42.0 Å². The zero-order chi connectivity index (χ0) is 18.6. The highest BCUT2D eigenvalue weighted by Gasteiger charge is 2.31. The monoisotopic (exact) mass is 370 g/mol. The van der Waals surface area contributed by atoms with E-state index in [1.807, 2.05) is 41.3 Å². The summed E-state index contributed by atoms with van der Waals surface area (Å²) in [5, 5.41) is 0. The second-order valence-electron chi connectivity index (χ2n) is 6.91. The standard InChI is InChI=1S/C21H23FN2O3/c22-17-7-2-1-6-16(17)14-23-10-5-11-24(13-12-23)21(25)20-15-26-18-8-3-4-9-19(18)27-20/h1-4,6-9,20H,5,10-15H2/t20-/m1/s1. The summed E-state index contributed by atoms with van der Waals surface area (Å²) >= 11 is 0. The number of nitrogens with zero attached hydrogens (tertiary/aromatic N) is 2. The molecule has 2 aliphatic rings. The van der Waals surface area contributed by atoms with Crippen LogP contribution in [0.4, 0.5) is 4.39 Å². The van der Waals surface area contributed by atoms with Crippen LogP contribution in [-0.2, 0) is 11.3 Å². The Morgan fingerprint density at radius 1 is 1.00 bits per heavy atom. The minimum absolute atomic E-state index is 0.0442. The molecule has 0 unspecified atom stereocenters.